The largest absolute Gasteiger partial charge is 0.490 e. The van der Waals surface area contributed by atoms with Crippen LogP contribution >= 0.6 is 0 Å². The highest BCUT2D eigenvalue weighted by molar-refractivity contribution is 6.00. The number of aliphatic carboxylic acids is 1. The molecule has 0 saturated carbocycles. The Labute approximate surface area is 205 Å². The summed E-state index contributed by atoms with van der Waals surface area (Å²) < 4.78 is 68.1. The highest BCUT2D eigenvalue weighted by atomic mass is 19.4. The molecule has 5 rings (SSSR count). The molecular formula is C24H19F5N4O4. The number of hydrogen-bond donors (Lipinski definition) is 1. The molecule has 1 atom stereocenters. The molecule has 1 amide bonds. The molecule has 1 fully saturated rings. The molecule has 8 nitrogen and oxygen atoms in total. The number of ether oxygens (including phenoxy) is 1. The number of para-hydroxylation sites is 1. The highest BCUT2D eigenvalue weighted by Crippen LogP contribution is 2.32. The monoisotopic (exact) mass is 522 g/mol. The van der Waals surface area contributed by atoms with Gasteiger partial charge in [0.2, 0.25) is 5.88 Å². The van der Waals surface area contributed by atoms with Gasteiger partial charge < -0.3 is 14.7 Å². The van der Waals surface area contributed by atoms with Crippen molar-refractivity contribution >= 4 is 28.3 Å². The van der Waals surface area contributed by atoms with Gasteiger partial charge in [-0.3, -0.25) is 4.79 Å². The molecule has 4 heterocycles. The van der Waals surface area contributed by atoms with E-state index in [9.17, 15) is 26.7 Å². The van der Waals surface area contributed by atoms with Crippen molar-refractivity contribution < 1.29 is 41.4 Å². The first-order valence-corrected chi connectivity index (χ1v) is 10.9. The zero-order chi connectivity index (χ0) is 26.8. The van der Waals surface area contributed by atoms with Gasteiger partial charge in [0.25, 0.3) is 11.8 Å². The predicted molar refractivity (Wildman–Crippen MR) is 121 cm³/mol. The van der Waals surface area contributed by atoms with Gasteiger partial charge in [0.05, 0.1) is 29.3 Å². The van der Waals surface area contributed by atoms with Crippen LogP contribution in [0.3, 0.4) is 0 Å². The lowest BCUT2D eigenvalue weighted by molar-refractivity contribution is -0.192. The Bertz CT molecular complexity index is 1440. The van der Waals surface area contributed by atoms with Crippen molar-refractivity contribution in [3.63, 3.8) is 0 Å². The lowest BCUT2D eigenvalue weighted by atomic mass is 10.0. The number of benzene rings is 1. The van der Waals surface area contributed by atoms with E-state index in [1.54, 1.807) is 47.1 Å². The van der Waals surface area contributed by atoms with Gasteiger partial charge in [-0.25, -0.2) is 23.1 Å². The number of likely N-dealkylation sites (tertiary alicyclic amines) is 1. The number of amides is 1. The molecule has 1 N–H and O–H groups in total. The second-order valence-electron chi connectivity index (χ2n) is 8.10. The molecule has 194 valence electrons. The molecular weight excluding hydrogens is 503 g/mol. The molecule has 13 heteroatoms. The molecule has 3 aromatic heterocycles. The lowest BCUT2D eigenvalue weighted by Gasteiger charge is -2.37. The number of nitrogens with zero attached hydrogens (tertiary/aromatic N) is 4. The number of hydrogen-bond acceptors (Lipinski definition) is 5. The number of pyridine rings is 2. The topological polar surface area (TPSA) is 97.0 Å². The Morgan fingerprint density at radius 2 is 1.76 bits per heavy atom. The number of fused-ring (bicyclic) bond motifs is 2. The first kappa shape index (κ1) is 25.8. The van der Waals surface area contributed by atoms with E-state index in [1.807, 2.05) is 18.2 Å². The van der Waals surface area contributed by atoms with Crippen molar-refractivity contribution in [2.75, 3.05) is 13.1 Å². The number of rotatable bonds is 3. The van der Waals surface area contributed by atoms with E-state index in [0.717, 1.165) is 5.39 Å². The summed E-state index contributed by atoms with van der Waals surface area (Å²) in [6.07, 6.45) is -3.85. The maximum Gasteiger partial charge on any atom is 0.490 e. The smallest absolute Gasteiger partial charge is 0.475 e. The normalized spacial score (nSPS) is 17.2. The maximum absolute atomic E-state index is 14.6. The van der Waals surface area contributed by atoms with Crippen molar-refractivity contribution in [2.24, 2.45) is 0 Å². The molecule has 0 radical (unpaired) electrons. The second-order valence-corrected chi connectivity index (χ2v) is 8.10. The van der Waals surface area contributed by atoms with E-state index in [4.69, 9.17) is 14.6 Å². The number of piperidine rings is 1. The fraction of sp³-hybridized carbons (Fsp3) is 0.250. The van der Waals surface area contributed by atoms with Crippen molar-refractivity contribution in [1.82, 2.24) is 19.5 Å². The van der Waals surface area contributed by atoms with Crippen LogP contribution in [0.25, 0.3) is 16.4 Å². The van der Waals surface area contributed by atoms with Gasteiger partial charge in [-0.05, 0) is 24.3 Å². The van der Waals surface area contributed by atoms with Gasteiger partial charge in [0.1, 0.15) is 0 Å². The van der Waals surface area contributed by atoms with Crippen LogP contribution in [0.4, 0.5) is 22.0 Å². The maximum atomic E-state index is 14.6. The molecule has 37 heavy (non-hydrogen) atoms. The second kappa shape index (κ2) is 9.99. The Balaban J connectivity index is 0.000000405. The third-order valence-electron chi connectivity index (χ3n) is 5.59. The van der Waals surface area contributed by atoms with Crippen LogP contribution in [0, 0.1) is 0 Å². The summed E-state index contributed by atoms with van der Waals surface area (Å²) in [6, 6.07) is 16.1. The summed E-state index contributed by atoms with van der Waals surface area (Å²) >= 11 is 0. The number of halogens is 5. The summed E-state index contributed by atoms with van der Waals surface area (Å²) in [5, 5.41) is 12.2. The highest BCUT2D eigenvalue weighted by Gasteiger charge is 2.47. The van der Waals surface area contributed by atoms with Crippen molar-refractivity contribution in [3.05, 3.63) is 72.6 Å². The first-order valence-electron chi connectivity index (χ1n) is 10.9. The molecule has 1 aromatic carbocycles. The molecule has 1 aliphatic rings. The van der Waals surface area contributed by atoms with Gasteiger partial charge in [-0.1, -0.05) is 24.3 Å². The van der Waals surface area contributed by atoms with E-state index in [2.05, 4.69) is 10.1 Å². The minimum absolute atomic E-state index is 0.0545. The van der Waals surface area contributed by atoms with Crippen LogP contribution in [0.1, 0.15) is 16.8 Å². The Kier molecular flexibility index (Phi) is 6.96. The Hall–Kier alpha value is -4.29. The fourth-order valence-electron chi connectivity index (χ4n) is 3.71. The fourth-order valence-corrected chi connectivity index (χ4v) is 3.71. The number of carbonyl (C=O) groups excluding carboxylic acids is 1. The molecule has 0 bridgehead atoms. The Morgan fingerprint density at radius 3 is 2.49 bits per heavy atom. The van der Waals surface area contributed by atoms with E-state index in [0.29, 0.717) is 16.6 Å². The van der Waals surface area contributed by atoms with Crippen LogP contribution in [-0.2, 0) is 4.79 Å². The van der Waals surface area contributed by atoms with Gasteiger partial charge >= 0.3 is 12.1 Å². The molecule has 1 aliphatic heterocycles. The number of alkyl halides is 5. The van der Waals surface area contributed by atoms with Gasteiger partial charge in [-0.2, -0.15) is 18.3 Å². The molecule has 0 aliphatic carbocycles. The third kappa shape index (κ3) is 5.76. The summed E-state index contributed by atoms with van der Waals surface area (Å²) in [7, 11) is 0. The SMILES string of the molecule is O=C(O)C(F)(F)F.O=C(c1cnn2ccccc12)N1CCC(F)(F)[C@@H](Oc2ccc3ccccc3n2)C1. The zero-order valence-corrected chi connectivity index (χ0v) is 18.9. The molecule has 0 unspecified atom stereocenters. The summed E-state index contributed by atoms with van der Waals surface area (Å²) in [6.45, 7) is -0.286. The van der Waals surface area contributed by atoms with Crippen molar-refractivity contribution in [2.45, 2.75) is 24.6 Å². The van der Waals surface area contributed by atoms with Crippen LogP contribution in [-0.4, -0.2) is 67.8 Å². The average Bonchev–Trinajstić information content (AvgIpc) is 3.29. The number of carbonyl (C=O) groups is 2. The molecule has 0 spiro atoms. The Morgan fingerprint density at radius 1 is 1.05 bits per heavy atom. The standard InChI is InChI=1S/C22H18F2N4O2.C2HF3O2/c23-22(24)10-12-27(21(29)16-13-25-28-11-4-3-7-18(16)28)14-19(22)30-20-9-8-15-5-1-2-6-17(15)26-20;3-2(4,5)1(6)7/h1-9,11,13,19H,10,12,14H2;(H,6,7)/t19-;/m0./s1. The van der Waals surface area contributed by atoms with E-state index < -0.39 is 30.6 Å². The summed E-state index contributed by atoms with van der Waals surface area (Å²) in [5.74, 6) is -6.05. The van der Waals surface area contributed by atoms with Crippen LogP contribution < -0.4 is 4.74 Å². The van der Waals surface area contributed by atoms with E-state index >= 15 is 0 Å². The van der Waals surface area contributed by atoms with Gasteiger partial charge in [0.15, 0.2) is 6.10 Å². The van der Waals surface area contributed by atoms with E-state index in [1.165, 1.54) is 11.1 Å². The number of carboxylic acid groups (broad SMARTS) is 1. The number of aromatic nitrogens is 3. The van der Waals surface area contributed by atoms with Gasteiger partial charge in [0, 0.05) is 30.6 Å². The van der Waals surface area contributed by atoms with E-state index in [-0.39, 0.29) is 24.9 Å². The summed E-state index contributed by atoms with van der Waals surface area (Å²) in [4.78, 5) is 27.6. The van der Waals surface area contributed by atoms with Crippen LogP contribution in [0.15, 0.2) is 67.0 Å². The molecule has 1 saturated heterocycles. The molecule has 4 aromatic rings. The lowest BCUT2D eigenvalue weighted by Crippen LogP contribution is -2.55. The average molecular weight is 522 g/mol. The zero-order valence-electron chi connectivity index (χ0n) is 18.9. The van der Waals surface area contributed by atoms with Crippen LogP contribution in [0.2, 0.25) is 0 Å². The van der Waals surface area contributed by atoms with Crippen molar-refractivity contribution in [3.8, 4) is 5.88 Å². The van der Waals surface area contributed by atoms with Crippen molar-refractivity contribution in [1.29, 1.82) is 0 Å². The number of carboxylic acids is 1. The third-order valence-corrected chi connectivity index (χ3v) is 5.59. The summed E-state index contributed by atoms with van der Waals surface area (Å²) in [5.41, 5.74) is 1.67. The minimum Gasteiger partial charge on any atom is -0.475 e. The first-order chi connectivity index (χ1) is 17.5. The van der Waals surface area contributed by atoms with Gasteiger partial charge in [-0.15, -0.1) is 0 Å². The quantitative estimate of drug-likeness (QED) is 0.400. The van der Waals surface area contributed by atoms with Crippen LogP contribution in [0.5, 0.6) is 5.88 Å². The minimum atomic E-state index is -5.08. The predicted octanol–water partition coefficient (Wildman–Crippen LogP) is 4.44.